The summed E-state index contributed by atoms with van der Waals surface area (Å²) in [5.41, 5.74) is 4.74. The molecule has 0 aliphatic carbocycles. The molecule has 0 aromatic heterocycles. The highest BCUT2D eigenvalue weighted by Gasteiger charge is 2.11. The minimum atomic E-state index is -0.549. The third kappa shape index (κ3) is 5.85. The van der Waals surface area contributed by atoms with E-state index in [4.69, 9.17) is 32.7 Å². The molecule has 25 heavy (non-hydrogen) atoms. The van der Waals surface area contributed by atoms with E-state index in [2.05, 4.69) is 10.9 Å². The van der Waals surface area contributed by atoms with Crippen molar-refractivity contribution in [2.24, 2.45) is 0 Å². The van der Waals surface area contributed by atoms with Crippen LogP contribution in [-0.4, -0.2) is 25.0 Å². The van der Waals surface area contributed by atoms with E-state index < -0.39 is 11.8 Å². The average molecular weight is 383 g/mol. The van der Waals surface area contributed by atoms with E-state index >= 15 is 0 Å². The molecule has 0 heterocycles. The quantitative estimate of drug-likeness (QED) is 0.751. The Morgan fingerprint density at radius 3 is 2.16 bits per heavy atom. The van der Waals surface area contributed by atoms with Crippen molar-refractivity contribution in [2.45, 2.75) is 6.92 Å². The topological polar surface area (TPSA) is 76.7 Å². The van der Waals surface area contributed by atoms with Gasteiger partial charge in [-0.3, -0.25) is 20.4 Å². The van der Waals surface area contributed by atoms with Gasteiger partial charge in [-0.05, 0) is 37.3 Å². The van der Waals surface area contributed by atoms with Gasteiger partial charge in [0.25, 0.3) is 11.8 Å². The molecule has 0 unspecified atom stereocenters. The molecule has 0 fully saturated rings. The molecule has 2 N–H and O–H groups in total. The van der Waals surface area contributed by atoms with Crippen LogP contribution in [0.1, 0.15) is 17.3 Å². The van der Waals surface area contributed by atoms with Crippen molar-refractivity contribution in [1.82, 2.24) is 10.9 Å². The number of benzene rings is 2. The molecule has 0 spiro atoms. The van der Waals surface area contributed by atoms with Crippen molar-refractivity contribution in [3.8, 4) is 11.5 Å². The second kappa shape index (κ2) is 9.15. The Kier molecular flexibility index (Phi) is 6.91. The smallest absolute Gasteiger partial charge is 0.276 e. The van der Waals surface area contributed by atoms with Crippen LogP contribution in [-0.2, 0) is 4.79 Å². The maximum absolute atomic E-state index is 12.0. The maximum atomic E-state index is 12.0. The van der Waals surface area contributed by atoms with Gasteiger partial charge in [0.05, 0.1) is 6.61 Å². The van der Waals surface area contributed by atoms with Crippen LogP contribution in [0.25, 0.3) is 0 Å². The normalized spacial score (nSPS) is 10.0. The first kappa shape index (κ1) is 18.9. The van der Waals surface area contributed by atoms with Crippen LogP contribution in [0.4, 0.5) is 0 Å². The summed E-state index contributed by atoms with van der Waals surface area (Å²) in [6, 6.07) is 11.4. The van der Waals surface area contributed by atoms with E-state index in [1.54, 1.807) is 24.3 Å². The summed E-state index contributed by atoms with van der Waals surface area (Å²) in [7, 11) is 0. The summed E-state index contributed by atoms with van der Waals surface area (Å²) >= 11 is 11.7. The fraction of sp³-hybridized carbons (Fsp3) is 0.176. The molecule has 8 heteroatoms. The van der Waals surface area contributed by atoms with Gasteiger partial charge in [-0.1, -0.05) is 35.3 Å². The van der Waals surface area contributed by atoms with Gasteiger partial charge >= 0.3 is 0 Å². The summed E-state index contributed by atoms with van der Waals surface area (Å²) in [5, 5.41) is 0.639. The SMILES string of the molecule is CCOc1ccccc1OCC(=O)NNC(=O)c1cc(Cl)cc(Cl)c1. The highest BCUT2D eigenvalue weighted by atomic mass is 35.5. The van der Waals surface area contributed by atoms with Crippen molar-refractivity contribution >= 4 is 35.0 Å². The molecule has 0 atom stereocenters. The van der Waals surface area contributed by atoms with Crippen molar-refractivity contribution in [2.75, 3.05) is 13.2 Å². The molecule has 2 aromatic rings. The third-order valence-electron chi connectivity index (χ3n) is 2.95. The Bertz CT molecular complexity index is 748. The minimum absolute atomic E-state index is 0.223. The van der Waals surface area contributed by atoms with Gasteiger partial charge in [-0.15, -0.1) is 0 Å². The summed E-state index contributed by atoms with van der Waals surface area (Å²) < 4.78 is 10.8. The fourth-order valence-electron chi connectivity index (χ4n) is 1.91. The zero-order chi connectivity index (χ0) is 18.2. The van der Waals surface area contributed by atoms with E-state index in [0.717, 1.165) is 0 Å². The minimum Gasteiger partial charge on any atom is -0.490 e. The molecule has 0 radical (unpaired) electrons. The lowest BCUT2D eigenvalue weighted by molar-refractivity contribution is -0.123. The van der Waals surface area contributed by atoms with Crippen molar-refractivity contribution in [3.05, 3.63) is 58.1 Å². The van der Waals surface area contributed by atoms with Gasteiger partial charge in [0.15, 0.2) is 18.1 Å². The lowest BCUT2D eigenvalue weighted by Crippen LogP contribution is -2.43. The molecule has 0 aliphatic heterocycles. The summed E-state index contributed by atoms with van der Waals surface area (Å²) in [6.45, 7) is 2.03. The molecule has 0 bridgehead atoms. The van der Waals surface area contributed by atoms with E-state index in [9.17, 15) is 9.59 Å². The van der Waals surface area contributed by atoms with Crippen LogP contribution in [0.3, 0.4) is 0 Å². The Morgan fingerprint density at radius 2 is 1.56 bits per heavy atom. The number of halogens is 2. The zero-order valence-corrected chi connectivity index (χ0v) is 14.9. The molecular weight excluding hydrogens is 367 g/mol. The number of hydrazine groups is 1. The first-order valence-electron chi connectivity index (χ1n) is 7.39. The Morgan fingerprint density at radius 1 is 0.960 bits per heavy atom. The monoisotopic (exact) mass is 382 g/mol. The third-order valence-corrected chi connectivity index (χ3v) is 3.38. The molecule has 0 saturated heterocycles. The average Bonchev–Trinajstić information content (AvgIpc) is 2.58. The Balaban J connectivity index is 1.85. The van der Waals surface area contributed by atoms with Crippen LogP contribution < -0.4 is 20.3 Å². The van der Waals surface area contributed by atoms with Crippen LogP contribution in [0.15, 0.2) is 42.5 Å². The predicted octanol–water partition coefficient (Wildman–Crippen LogP) is 3.23. The lowest BCUT2D eigenvalue weighted by atomic mass is 10.2. The van der Waals surface area contributed by atoms with Gasteiger partial charge in [-0.25, -0.2) is 0 Å². The van der Waals surface area contributed by atoms with Gasteiger partial charge in [0, 0.05) is 15.6 Å². The number of ether oxygens (including phenoxy) is 2. The highest BCUT2D eigenvalue weighted by molar-refractivity contribution is 6.35. The highest BCUT2D eigenvalue weighted by Crippen LogP contribution is 2.26. The van der Waals surface area contributed by atoms with Crippen LogP contribution in [0.5, 0.6) is 11.5 Å². The Hall–Kier alpha value is -2.44. The largest absolute Gasteiger partial charge is 0.490 e. The van der Waals surface area contributed by atoms with Crippen LogP contribution in [0, 0.1) is 0 Å². The summed E-state index contributed by atoms with van der Waals surface area (Å²) in [5.74, 6) is -0.108. The summed E-state index contributed by atoms with van der Waals surface area (Å²) in [6.07, 6.45) is 0. The van der Waals surface area contributed by atoms with E-state index in [1.165, 1.54) is 18.2 Å². The maximum Gasteiger partial charge on any atom is 0.276 e. The van der Waals surface area contributed by atoms with Crippen LogP contribution >= 0.6 is 23.2 Å². The number of hydrogen-bond donors (Lipinski definition) is 2. The van der Waals surface area contributed by atoms with E-state index in [0.29, 0.717) is 28.2 Å². The van der Waals surface area contributed by atoms with E-state index in [-0.39, 0.29) is 12.2 Å². The van der Waals surface area contributed by atoms with Gasteiger partial charge < -0.3 is 9.47 Å². The van der Waals surface area contributed by atoms with Gasteiger partial charge in [-0.2, -0.15) is 0 Å². The standard InChI is InChI=1S/C17H16Cl2N2O4/c1-2-24-14-5-3-4-6-15(14)25-10-16(22)20-21-17(23)11-7-12(18)9-13(19)8-11/h3-9H,2,10H2,1H3,(H,20,22)(H,21,23). The molecular formula is C17H16Cl2N2O4. The number of amides is 2. The molecule has 0 aliphatic rings. The molecule has 6 nitrogen and oxygen atoms in total. The number of hydrogen-bond acceptors (Lipinski definition) is 4. The molecule has 2 amide bonds. The van der Waals surface area contributed by atoms with Gasteiger partial charge in [0.2, 0.25) is 0 Å². The van der Waals surface area contributed by atoms with Crippen molar-refractivity contribution in [1.29, 1.82) is 0 Å². The van der Waals surface area contributed by atoms with Gasteiger partial charge in [0.1, 0.15) is 0 Å². The second-order valence-electron chi connectivity index (χ2n) is 4.83. The first-order chi connectivity index (χ1) is 12.0. The van der Waals surface area contributed by atoms with Crippen LogP contribution in [0.2, 0.25) is 10.0 Å². The first-order valence-corrected chi connectivity index (χ1v) is 8.15. The zero-order valence-electron chi connectivity index (χ0n) is 13.3. The molecule has 2 rings (SSSR count). The number of nitrogens with one attached hydrogen (secondary N) is 2. The molecule has 132 valence electrons. The molecule has 0 saturated carbocycles. The predicted molar refractivity (Wildman–Crippen MR) is 95.2 cm³/mol. The number of para-hydroxylation sites is 2. The summed E-state index contributed by atoms with van der Waals surface area (Å²) in [4.78, 5) is 23.8. The fourth-order valence-corrected chi connectivity index (χ4v) is 2.43. The number of rotatable bonds is 6. The number of carbonyl (C=O) groups excluding carboxylic acids is 2. The van der Waals surface area contributed by atoms with Crippen molar-refractivity contribution < 1.29 is 19.1 Å². The second-order valence-corrected chi connectivity index (χ2v) is 5.70. The number of carbonyl (C=O) groups is 2. The van der Waals surface area contributed by atoms with E-state index in [1.807, 2.05) is 6.92 Å². The molecule has 2 aromatic carbocycles. The van der Waals surface area contributed by atoms with Crippen molar-refractivity contribution in [3.63, 3.8) is 0 Å². The Labute approximate surface area is 155 Å². The lowest BCUT2D eigenvalue weighted by Gasteiger charge is -2.12.